The highest BCUT2D eigenvalue weighted by Gasteiger charge is 2.25. The van der Waals surface area contributed by atoms with Gasteiger partial charge in [-0.1, -0.05) is 30.3 Å². The largest absolute Gasteiger partial charge is 0.461 e. The Labute approximate surface area is 119 Å². The molecule has 1 atom stereocenters. The van der Waals surface area contributed by atoms with Crippen molar-refractivity contribution in [1.82, 2.24) is 25.6 Å². The molecule has 1 aromatic carbocycles. The smallest absolute Gasteiger partial charge is 0.265 e. The number of hydrogen-bond donors (Lipinski definition) is 2. The molecule has 2 aromatic heterocycles. The lowest BCUT2D eigenvalue weighted by Gasteiger charge is -2.13. The minimum atomic E-state index is -0.799. The monoisotopic (exact) mass is 284 g/mol. The average molecular weight is 284 g/mol. The van der Waals surface area contributed by atoms with Crippen LogP contribution in [0.15, 0.2) is 53.1 Å². The Kier molecular flexibility index (Phi) is 3.44. The normalized spacial score (nSPS) is 12.0. The van der Waals surface area contributed by atoms with Crippen LogP contribution in [0.25, 0.3) is 11.6 Å². The maximum Gasteiger partial charge on any atom is 0.265 e. The van der Waals surface area contributed by atoms with E-state index in [1.54, 1.807) is 24.3 Å². The van der Waals surface area contributed by atoms with Gasteiger partial charge in [-0.25, -0.2) is 5.84 Å². The van der Waals surface area contributed by atoms with Crippen LogP contribution in [0.4, 0.5) is 0 Å². The molecule has 3 N–H and O–H groups in total. The third-order valence-corrected chi connectivity index (χ3v) is 2.91. The van der Waals surface area contributed by atoms with Crippen molar-refractivity contribution in [2.45, 2.75) is 6.04 Å². The summed E-state index contributed by atoms with van der Waals surface area (Å²) in [5.74, 6) is 5.57. The van der Waals surface area contributed by atoms with Crippen molar-refractivity contribution < 1.29 is 9.21 Å². The zero-order chi connectivity index (χ0) is 14.7. The zero-order valence-corrected chi connectivity index (χ0v) is 10.9. The first kappa shape index (κ1) is 13.0. The second-order valence-electron chi connectivity index (χ2n) is 4.23. The first-order valence-electron chi connectivity index (χ1n) is 6.18. The highest BCUT2D eigenvalue weighted by atomic mass is 16.3. The lowest BCUT2D eigenvalue weighted by Crippen LogP contribution is -2.38. The molecule has 1 amide bonds. The number of nitrogens with two attached hydrogens (primary N) is 1. The molecule has 0 aliphatic carbocycles. The van der Waals surface area contributed by atoms with Crippen LogP contribution in [0, 0.1) is 0 Å². The molecule has 3 rings (SSSR count). The summed E-state index contributed by atoms with van der Waals surface area (Å²) in [7, 11) is 0. The van der Waals surface area contributed by atoms with Crippen LogP contribution in [-0.4, -0.2) is 26.1 Å². The molecule has 1 unspecified atom stereocenters. The van der Waals surface area contributed by atoms with E-state index in [-0.39, 0.29) is 0 Å². The number of hydrazine groups is 1. The Morgan fingerprint density at radius 3 is 2.71 bits per heavy atom. The molecular formula is C13H12N6O2. The Hall–Kier alpha value is -3.00. The second kappa shape index (κ2) is 5.55. The fraction of sp³-hybridized carbons (Fsp3) is 0.0769. The maximum atomic E-state index is 12.0. The van der Waals surface area contributed by atoms with Crippen LogP contribution in [0.1, 0.15) is 11.6 Å². The van der Waals surface area contributed by atoms with E-state index in [0.29, 0.717) is 17.1 Å². The minimum Gasteiger partial charge on any atom is -0.461 e. The van der Waals surface area contributed by atoms with E-state index in [0.717, 1.165) is 0 Å². The average Bonchev–Trinajstić information content (AvgIpc) is 3.19. The van der Waals surface area contributed by atoms with Crippen LogP contribution in [-0.2, 0) is 4.79 Å². The summed E-state index contributed by atoms with van der Waals surface area (Å²) in [6.07, 6.45) is 1.51. The molecule has 2 heterocycles. The lowest BCUT2D eigenvalue weighted by atomic mass is 10.1. The molecule has 8 heteroatoms. The Morgan fingerprint density at radius 1 is 1.24 bits per heavy atom. The molecule has 0 bridgehead atoms. The number of aromatic nitrogens is 4. The predicted octanol–water partition coefficient (Wildman–Crippen LogP) is 0.512. The van der Waals surface area contributed by atoms with E-state index in [2.05, 4.69) is 20.8 Å². The van der Waals surface area contributed by atoms with Gasteiger partial charge < -0.3 is 4.42 Å². The summed E-state index contributed by atoms with van der Waals surface area (Å²) in [5, 5.41) is 12.0. The van der Waals surface area contributed by atoms with E-state index in [9.17, 15) is 4.79 Å². The fourth-order valence-electron chi connectivity index (χ4n) is 1.94. The lowest BCUT2D eigenvalue weighted by molar-refractivity contribution is -0.123. The number of carbonyl (C=O) groups is 1. The van der Waals surface area contributed by atoms with Gasteiger partial charge in [-0.15, -0.1) is 15.0 Å². The molecule has 21 heavy (non-hydrogen) atoms. The number of nitrogens with one attached hydrogen (secondary N) is 1. The standard InChI is InChI=1S/C13H12N6O2/c14-15-13(20)11(9-5-2-1-3-6-9)19-17-12(16-18-19)10-7-4-8-21-10/h1-8,11H,14H2,(H,15,20). The Balaban J connectivity index is 2.00. The molecule has 0 saturated carbocycles. The van der Waals surface area contributed by atoms with Crippen molar-refractivity contribution in [3.8, 4) is 11.6 Å². The molecule has 106 valence electrons. The van der Waals surface area contributed by atoms with E-state index in [1.165, 1.54) is 11.1 Å². The summed E-state index contributed by atoms with van der Waals surface area (Å²) in [4.78, 5) is 13.2. The number of benzene rings is 1. The first-order valence-corrected chi connectivity index (χ1v) is 6.18. The summed E-state index contributed by atoms with van der Waals surface area (Å²) < 4.78 is 5.20. The van der Waals surface area contributed by atoms with E-state index in [1.807, 2.05) is 18.2 Å². The van der Waals surface area contributed by atoms with Crippen LogP contribution in [0.2, 0.25) is 0 Å². The molecule has 0 aliphatic rings. The van der Waals surface area contributed by atoms with Gasteiger partial charge in [-0.05, 0) is 22.9 Å². The van der Waals surface area contributed by atoms with Gasteiger partial charge in [0.15, 0.2) is 11.8 Å². The van der Waals surface area contributed by atoms with Gasteiger partial charge in [0.2, 0.25) is 5.82 Å². The summed E-state index contributed by atoms with van der Waals surface area (Å²) in [6, 6.07) is 11.7. The topological polar surface area (TPSA) is 112 Å². The van der Waals surface area contributed by atoms with Crippen LogP contribution >= 0.6 is 0 Å². The number of rotatable bonds is 4. The minimum absolute atomic E-state index is 0.297. The van der Waals surface area contributed by atoms with E-state index >= 15 is 0 Å². The van der Waals surface area contributed by atoms with Crippen molar-refractivity contribution >= 4 is 5.91 Å². The number of carbonyl (C=O) groups excluding carboxylic acids is 1. The number of tetrazole rings is 1. The van der Waals surface area contributed by atoms with Gasteiger partial charge in [0.05, 0.1) is 6.26 Å². The summed E-state index contributed by atoms with van der Waals surface area (Å²) in [6.45, 7) is 0. The van der Waals surface area contributed by atoms with E-state index < -0.39 is 11.9 Å². The molecule has 0 spiro atoms. The number of furan rings is 1. The van der Waals surface area contributed by atoms with Gasteiger partial charge in [-0.3, -0.25) is 10.2 Å². The summed E-state index contributed by atoms with van der Waals surface area (Å²) in [5.41, 5.74) is 2.81. The SMILES string of the molecule is NNC(=O)C(c1ccccc1)n1nnc(-c2ccco2)n1. The van der Waals surface area contributed by atoms with Gasteiger partial charge in [0.1, 0.15) is 0 Å². The molecular weight excluding hydrogens is 272 g/mol. The second-order valence-corrected chi connectivity index (χ2v) is 4.23. The van der Waals surface area contributed by atoms with Gasteiger partial charge in [0.25, 0.3) is 5.91 Å². The molecule has 0 saturated heterocycles. The molecule has 8 nitrogen and oxygen atoms in total. The van der Waals surface area contributed by atoms with Crippen LogP contribution < -0.4 is 11.3 Å². The predicted molar refractivity (Wildman–Crippen MR) is 72.4 cm³/mol. The van der Waals surface area contributed by atoms with E-state index in [4.69, 9.17) is 10.3 Å². The van der Waals surface area contributed by atoms with Gasteiger partial charge in [-0.2, -0.15) is 0 Å². The summed E-state index contributed by atoms with van der Waals surface area (Å²) >= 11 is 0. The number of nitrogens with zero attached hydrogens (tertiary/aromatic N) is 4. The van der Waals surface area contributed by atoms with Gasteiger partial charge >= 0.3 is 0 Å². The molecule has 3 aromatic rings. The van der Waals surface area contributed by atoms with Crippen molar-refractivity contribution in [1.29, 1.82) is 0 Å². The quantitative estimate of drug-likeness (QED) is 0.410. The third kappa shape index (κ3) is 2.51. The first-order chi connectivity index (χ1) is 10.3. The Morgan fingerprint density at radius 2 is 2.05 bits per heavy atom. The Bertz CT molecular complexity index is 722. The number of amides is 1. The highest BCUT2D eigenvalue weighted by molar-refractivity contribution is 5.82. The van der Waals surface area contributed by atoms with Crippen molar-refractivity contribution in [3.05, 3.63) is 54.3 Å². The molecule has 0 fully saturated rings. The molecule has 0 radical (unpaired) electrons. The third-order valence-electron chi connectivity index (χ3n) is 2.91. The van der Waals surface area contributed by atoms with Crippen LogP contribution in [0.5, 0.6) is 0 Å². The highest BCUT2D eigenvalue weighted by Crippen LogP contribution is 2.19. The molecule has 0 aliphatic heterocycles. The van der Waals surface area contributed by atoms with Crippen molar-refractivity contribution in [3.63, 3.8) is 0 Å². The number of hydrogen-bond acceptors (Lipinski definition) is 6. The van der Waals surface area contributed by atoms with Crippen LogP contribution in [0.3, 0.4) is 0 Å². The maximum absolute atomic E-state index is 12.0. The van der Waals surface area contributed by atoms with Crippen molar-refractivity contribution in [2.24, 2.45) is 5.84 Å². The van der Waals surface area contributed by atoms with Gasteiger partial charge in [0, 0.05) is 0 Å². The fourth-order valence-corrected chi connectivity index (χ4v) is 1.94. The zero-order valence-electron chi connectivity index (χ0n) is 10.9. The van der Waals surface area contributed by atoms with Crippen molar-refractivity contribution in [2.75, 3.05) is 0 Å².